The molecule has 1 amide bonds. The van der Waals surface area contributed by atoms with Gasteiger partial charge >= 0.3 is 12.1 Å². The predicted molar refractivity (Wildman–Crippen MR) is 84.7 cm³/mol. The van der Waals surface area contributed by atoms with Crippen molar-refractivity contribution in [3.63, 3.8) is 0 Å². The number of carbonyl (C=O) groups excluding carboxylic acids is 1. The molecule has 0 saturated carbocycles. The lowest BCUT2D eigenvalue weighted by Gasteiger charge is -2.38. The van der Waals surface area contributed by atoms with Gasteiger partial charge in [0.1, 0.15) is 10.8 Å². The molecule has 10 heteroatoms. The summed E-state index contributed by atoms with van der Waals surface area (Å²) in [7, 11) is 0. The van der Waals surface area contributed by atoms with Crippen LogP contribution in [-0.4, -0.2) is 62.7 Å². The lowest BCUT2D eigenvalue weighted by Crippen LogP contribution is -2.50. The monoisotopic (exact) mass is 382 g/mol. The molecular formula is C14H17F3N2O3S2. The first kappa shape index (κ1) is 19.2. The number of carbonyl (C=O) groups is 2. The molecule has 2 saturated heterocycles. The van der Waals surface area contributed by atoms with E-state index in [9.17, 15) is 28.0 Å². The number of thioether (sulfide) groups is 2. The summed E-state index contributed by atoms with van der Waals surface area (Å²) in [6.07, 6.45) is -4.89. The van der Waals surface area contributed by atoms with Gasteiger partial charge in [-0.05, 0) is 12.8 Å². The zero-order valence-corrected chi connectivity index (χ0v) is 14.3. The van der Waals surface area contributed by atoms with Crippen molar-refractivity contribution in [2.45, 2.75) is 36.2 Å². The van der Waals surface area contributed by atoms with Gasteiger partial charge in [0.2, 0.25) is 5.91 Å². The normalized spacial score (nSPS) is 29.1. The third kappa shape index (κ3) is 3.94. The van der Waals surface area contributed by atoms with Crippen LogP contribution in [0.2, 0.25) is 0 Å². The van der Waals surface area contributed by atoms with Crippen molar-refractivity contribution in [3.8, 4) is 6.07 Å². The van der Waals surface area contributed by atoms with E-state index in [-0.39, 0.29) is 18.7 Å². The van der Waals surface area contributed by atoms with Crippen molar-refractivity contribution >= 4 is 35.4 Å². The fraction of sp³-hybridized carbons (Fsp3) is 0.786. The molecule has 0 aromatic rings. The fourth-order valence-electron chi connectivity index (χ4n) is 3.05. The minimum Gasteiger partial charge on any atom is -0.480 e. The molecule has 0 aromatic carbocycles. The third-order valence-corrected chi connectivity index (χ3v) is 7.32. The highest BCUT2D eigenvalue weighted by Gasteiger charge is 2.56. The molecule has 0 aromatic heterocycles. The van der Waals surface area contributed by atoms with E-state index in [4.69, 9.17) is 5.11 Å². The molecule has 5 nitrogen and oxygen atoms in total. The summed E-state index contributed by atoms with van der Waals surface area (Å²) in [5.41, 5.74) is 0. The van der Waals surface area contributed by atoms with E-state index < -0.39 is 41.2 Å². The van der Waals surface area contributed by atoms with Crippen molar-refractivity contribution in [3.05, 3.63) is 0 Å². The van der Waals surface area contributed by atoms with Crippen LogP contribution in [0.5, 0.6) is 0 Å². The van der Waals surface area contributed by atoms with E-state index in [0.29, 0.717) is 17.9 Å². The average Bonchev–Trinajstić information content (AvgIpc) is 3.02. The second-order valence-electron chi connectivity index (χ2n) is 5.78. The molecule has 1 N–H and O–H groups in total. The number of hydrogen-bond donors (Lipinski definition) is 1. The predicted octanol–water partition coefficient (Wildman–Crippen LogP) is 2.37. The number of alkyl halides is 3. The topological polar surface area (TPSA) is 81.4 Å². The molecule has 2 rings (SSSR count). The second kappa shape index (κ2) is 7.44. The van der Waals surface area contributed by atoms with E-state index in [2.05, 4.69) is 0 Å². The summed E-state index contributed by atoms with van der Waals surface area (Å²) in [6.45, 7) is 0.141. The Morgan fingerprint density at radius 2 is 2.12 bits per heavy atom. The Labute approximate surface area is 145 Å². The minimum absolute atomic E-state index is 0.00792. The molecule has 0 radical (unpaired) electrons. The number of rotatable bonds is 4. The molecule has 0 spiro atoms. The summed E-state index contributed by atoms with van der Waals surface area (Å²) in [5, 5.41) is 18.5. The molecule has 24 heavy (non-hydrogen) atoms. The molecule has 2 fully saturated rings. The van der Waals surface area contributed by atoms with Crippen LogP contribution in [0.15, 0.2) is 0 Å². The van der Waals surface area contributed by atoms with Gasteiger partial charge in [-0.1, -0.05) is 0 Å². The molecule has 134 valence electrons. The van der Waals surface area contributed by atoms with Gasteiger partial charge in [0.05, 0.1) is 12.0 Å². The molecule has 0 bridgehead atoms. The molecule has 2 unspecified atom stereocenters. The highest BCUT2D eigenvalue weighted by molar-refractivity contribution is 8.07. The standard InChI is InChI=1S/C14H17F3N2O3S2/c15-14(16,17)10(13(7-18)8-23-4-5-24-13)6-11(20)19-3-1-2-9(19)12(21)22/h9-10H,1-6,8H2,(H,21,22)/t9-,10?,13?/m0/s1. The number of carboxylic acids is 1. The second-order valence-corrected chi connectivity index (χ2v) is 8.31. The van der Waals surface area contributed by atoms with Crippen molar-refractivity contribution in [2.24, 2.45) is 5.92 Å². The zero-order chi connectivity index (χ0) is 18.0. The van der Waals surface area contributed by atoms with Gasteiger partial charge in [-0.25, -0.2) is 4.79 Å². The SMILES string of the molecule is N#CC1(C(CC(=O)N2CCC[C@H]2C(=O)O)C(F)(F)F)CSCCS1. The van der Waals surface area contributed by atoms with E-state index in [1.165, 1.54) is 11.8 Å². The van der Waals surface area contributed by atoms with Gasteiger partial charge in [-0.2, -0.15) is 30.2 Å². The first-order valence-electron chi connectivity index (χ1n) is 7.43. The van der Waals surface area contributed by atoms with E-state index >= 15 is 0 Å². The number of hydrogen-bond acceptors (Lipinski definition) is 5. The highest BCUT2D eigenvalue weighted by atomic mass is 32.2. The Bertz CT molecular complexity index is 544. The van der Waals surface area contributed by atoms with Crippen LogP contribution in [-0.2, 0) is 9.59 Å². The number of carboxylic acid groups (broad SMARTS) is 1. The number of halogens is 3. The Kier molecular flexibility index (Phi) is 5.96. The number of amides is 1. The largest absolute Gasteiger partial charge is 0.480 e. The smallest absolute Gasteiger partial charge is 0.394 e. The summed E-state index contributed by atoms with van der Waals surface area (Å²) >= 11 is 2.22. The third-order valence-electron chi connectivity index (χ3n) is 4.29. The van der Waals surface area contributed by atoms with Crippen LogP contribution in [0.4, 0.5) is 13.2 Å². The number of nitrogens with zero attached hydrogens (tertiary/aromatic N) is 2. The maximum Gasteiger partial charge on any atom is 0.394 e. The highest BCUT2D eigenvalue weighted by Crippen LogP contribution is 2.48. The van der Waals surface area contributed by atoms with E-state index in [1.807, 2.05) is 0 Å². The molecule has 2 aliphatic heterocycles. The van der Waals surface area contributed by atoms with Gasteiger partial charge in [0, 0.05) is 30.2 Å². The first-order chi connectivity index (χ1) is 11.2. The number of likely N-dealkylation sites (tertiary alicyclic amines) is 1. The summed E-state index contributed by atoms with van der Waals surface area (Å²) in [5.74, 6) is -3.06. The summed E-state index contributed by atoms with van der Waals surface area (Å²) in [6, 6.07) is 0.718. The van der Waals surface area contributed by atoms with Crippen LogP contribution in [0, 0.1) is 17.2 Å². The maximum atomic E-state index is 13.6. The van der Waals surface area contributed by atoms with Crippen LogP contribution in [0.25, 0.3) is 0 Å². The zero-order valence-electron chi connectivity index (χ0n) is 12.7. The number of nitriles is 1. The maximum absolute atomic E-state index is 13.6. The van der Waals surface area contributed by atoms with Gasteiger partial charge in [0.25, 0.3) is 0 Å². The summed E-state index contributed by atoms with van der Waals surface area (Å²) < 4.78 is 39.0. The Morgan fingerprint density at radius 3 is 2.62 bits per heavy atom. The van der Waals surface area contributed by atoms with Gasteiger partial charge < -0.3 is 10.0 Å². The van der Waals surface area contributed by atoms with Gasteiger partial charge in [-0.15, -0.1) is 11.8 Å². The molecule has 0 aliphatic carbocycles. The van der Waals surface area contributed by atoms with Crippen molar-refractivity contribution in [1.82, 2.24) is 4.90 Å². The minimum atomic E-state index is -4.70. The Hall–Kier alpha value is -1.08. The van der Waals surface area contributed by atoms with Crippen LogP contribution in [0.3, 0.4) is 0 Å². The molecule has 3 atom stereocenters. The van der Waals surface area contributed by atoms with Crippen LogP contribution < -0.4 is 0 Å². The average molecular weight is 382 g/mol. The molecular weight excluding hydrogens is 365 g/mol. The summed E-state index contributed by atoms with van der Waals surface area (Å²) in [4.78, 5) is 24.5. The lowest BCUT2D eigenvalue weighted by atomic mass is 9.89. The van der Waals surface area contributed by atoms with Crippen LogP contribution in [0.1, 0.15) is 19.3 Å². The quantitative estimate of drug-likeness (QED) is 0.804. The van der Waals surface area contributed by atoms with Gasteiger partial charge in [0.15, 0.2) is 0 Å². The van der Waals surface area contributed by atoms with Gasteiger partial charge in [-0.3, -0.25) is 4.79 Å². The molecule has 2 aliphatic rings. The lowest BCUT2D eigenvalue weighted by molar-refractivity contribution is -0.184. The molecule has 2 heterocycles. The first-order valence-corrected chi connectivity index (χ1v) is 9.57. The Morgan fingerprint density at radius 1 is 1.42 bits per heavy atom. The number of aliphatic carboxylic acids is 1. The van der Waals surface area contributed by atoms with Crippen molar-refractivity contribution in [2.75, 3.05) is 23.8 Å². The van der Waals surface area contributed by atoms with Crippen LogP contribution >= 0.6 is 23.5 Å². The van der Waals surface area contributed by atoms with E-state index in [1.54, 1.807) is 6.07 Å². The fourth-order valence-corrected chi connectivity index (χ4v) is 6.00. The Balaban J connectivity index is 2.22. The van der Waals surface area contributed by atoms with E-state index in [0.717, 1.165) is 16.7 Å². The van der Waals surface area contributed by atoms with Crippen molar-refractivity contribution < 1.29 is 27.9 Å². The van der Waals surface area contributed by atoms with Crippen molar-refractivity contribution in [1.29, 1.82) is 5.26 Å².